The van der Waals surface area contributed by atoms with E-state index in [-0.39, 0.29) is 5.41 Å². The lowest BCUT2D eigenvalue weighted by Crippen LogP contribution is -2.33. The normalized spacial score (nSPS) is 20.9. The molecule has 0 aliphatic heterocycles. The highest BCUT2D eigenvalue weighted by molar-refractivity contribution is 5.43. The molecule has 0 spiro atoms. The lowest BCUT2D eigenvalue weighted by atomic mass is 9.65. The first-order chi connectivity index (χ1) is 10.1. The molecule has 0 saturated heterocycles. The molecule has 0 N–H and O–H groups in total. The van der Waals surface area contributed by atoms with Crippen LogP contribution in [0.5, 0.6) is 0 Å². The zero-order chi connectivity index (χ0) is 15.3. The largest absolute Gasteiger partial charge is 0.497 e. The van der Waals surface area contributed by atoms with E-state index in [4.69, 9.17) is 4.74 Å². The number of benzene rings is 1. The van der Waals surface area contributed by atoms with Gasteiger partial charge in [0.1, 0.15) is 5.76 Å². The topological polar surface area (TPSA) is 9.23 Å². The van der Waals surface area contributed by atoms with Crippen molar-refractivity contribution < 1.29 is 4.74 Å². The van der Waals surface area contributed by atoms with E-state index in [0.29, 0.717) is 5.92 Å². The van der Waals surface area contributed by atoms with Crippen LogP contribution in [-0.2, 0) is 10.2 Å². The molecule has 0 saturated carbocycles. The summed E-state index contributed by atoms with van der Waals surface area (Å²) < 4.78 is 5.30. The third-order valence-electron chi connectivity index (χ3n) is 4.45. The maximum Gasteiger partial charge on any atom is 0.114 e. The second-order valence-corrected chi connectivity index (χ2v) is 5.61. The maximum atomic E-state index is 5.30. The van der Waals surface area contributed by atoms with Crippen molar-refractivity contribution >= 4 is 0 Å². The number of hydrogen-bond acceptors (Lipinski definition) is 1. The van der Waals surface area contributed by atoms with E-state index in [2.05, 4.69) is 74.2 Å². The van der Waals surface area contributed by atoms with Crippen LogP contribution in [0.1, 0.15) is 25.8 Å². The van der Waals surface area contributed by atoms with Crippen LogP contribution in [-0.4, -0.2) is 7.11 Å². The molecule has 2 unspecified atom stereocenters. The van der Waals surface area contributed by atoms with E-state index < -0.39 is 0 Å². The maximum absolute atomic E-state index is 5.30. The third kappa shape index (κ3) is 3.02. The molecule has 0 bridgehead atoms. The van der Waals surface area contributed by atoms with Crippen LogP contribution < -0.4 is 0 Å². The van der Waals surface area contributed by atoms with Gasteiger partial charge in [-0.1, -0.05) is 62.1 Å². The zero-order valence-electron chi connectivity index (χ0n) is 13.2. The molecule has 1 aliphatic carbocycles. The highest BCUT2D eigenvalue weighted by Crippen LogP contribution is 2.43. The quantitative estimate of drug-likeness (QED) is 0.675. The summed E-state index contributed by atoms with van der Waals surface area (Å²) in [6, 6.07) is 10.6. The van der Waals surface area contributed by atoms with Gasteiger partial charge >= 0.3 is 0 Å². The molecule has 0 aromatic heterocycles. The molecule has 0 heterocycles. The molecular weight excluding hydrogens is 256 g/mol. The van der Waals surface area contributed by atoms with Crippen LogP contribution in [0.15, 0.2) is 78.6 Å². The molecule has 21 heavy (non-hydrogen) atoms. The Bertz CT molecular complexity index is 577. The van der Waals surface area contributed by atoms with Crippen molar-refractivity contribution in [3.8, 4) is 0 Å². The van der Waals surface area contributed by atoms with Crippen LogP contribution in [0, 0.1) is 5.92 Å². The Hall–Kier alpha value is -2.02. The number of methoxy groups -OCH3 is 1. The van der Waals surface area contributed by atoms with Crippen molar-refractivity contribution in [3.05, 3.63) is 84.2 Å². The van der Waals surface area contributed by atoms with E-state index in [1.165, 1.54) is 5.56 Å². The first-order valence-corrected chi connectivity index (χ1v) is 7.43. The van der Waals surface area contributed by atoms with Gasteiger partial charge in [0.2, 0.25) is 0 Å². The average molecular weight is 280 g/mol. The van der Waals surface area contributed by atoms with Gasteiger partial charge in [-0.15, -0.1) is 0 Å². The Balaban J connectivity index is 2.41. The standard InChI is InChI=1S/C20H24O/c1-5-9-16(2)20(3,17-10-7-6-8-11-17)18-12-14-19(21-4)15-13-18/h5-12,14-15,18H,2,13H2,1,3-4H3. The van der Waals surface area contributed by atoms with Crippen molar-refractivity contribution in [1.82, 2.24) is 0 Å². The molecule has 1 nitrogen and oxygen atoms in total. The van der Waals surface area contributed by atoms with Gasteiger partial charge in [-0.25, -0.2) is 0 Å². The minimum atomic E-state index is -0.111. The number of hydrogen-bond donors (Lipinski definition) is 0. The van der Waals surface area contributed by atoms with E-state index in [9.17, 15) is 0 Å². The Morgan fingerprint density at radius 2 is 2.05 bits per heavy atom. The Morgan fingerprint density at radius 1 is 1.33 bits per heavy atom. The van der Waals surface area contributed by atoms with Gasteiger partial charge in [0.25, 0.3) is 0 Å². The summed E-state index contributed by atoms with van der Waals surface area (Å²) in [6.07, 6.45) is 11.6. The van der Waals surface area contributed by atoms with Crippen LogP contribution in [0.3, 0.4) is 0 Å². The Kier molecular flexibility index (Phi) is 4.85. The molecule has 1 aliphatic rings. The predicted octanol–water partition coefficient (Wildman–Crippen LogP) is 5.18. The molecule has 2 rings (SSSR count). The summed E-state index contributed by atoms with van der Waals surface area (Å²) in [6.45, 7) is 8.66. The van der Waals surface area contributed by atoms with E-state index in [1.54, 1.807) is 7.11 Å². The SMILES string of the molecule is C=C(C=CC)C(C)(c1ccccc1)C1C=CC(OC)=CC1. The van der Waals surface area contributed by atoms with Gasteiger partial charge in [0, 0.05) is 5.41 Å². The first kappa shape index (κ1) is 15.4. The minimum absolute atomic E-state index is 0.111. The predicted molar refractivity (Wildman–Crippen MR) is 90.1 cm³/mol. The molecule has 0 fully saturated rings. The Morgan fingerprint density at radius 3 is 2.57 bits per heavy atom. The summed E-state index contributed by atoms with van der Waals surface area (Å²) >= 11 is 0. The highest BCUT2D eigenvalue weighted by atomic mass is 16.5. The average Bonchev–Trinajstić information content (AvgIpc) is 2.55. The van der Waals surface area contributed by atoms with Crippen LogP contribution in [0.2, 0.25) is 0 Å². The van der Waals surface area contributed by atoms with Gasteiger partial charge in [-0.05, 0) is 42.6 Å². The summed E-state index contributed by atoms with van der Waals surface area (Å²) in [5.41, 5.74) is 2.33. The van der Waals surface area contributed by atoms with E-state index >= 15 is 0 Å². The summed E-state index contributed by atoms with van der Waals surface area (Å²) in [4.78, 5) is 0. The van der Waals surface area contributed by atoms with Crippen molar-refractivity contribution in [1.29, 1.82) is 0 Å². The second kappa shape index (κ2) is 6.62. The molecule has 0 amide bonds. The summed E-state index contributed by atoms with van der Waals surface area (Å²) in [5, 5.41) is 0. The summed E-state index contributed by atoms with van der Waals surface area (Å²) in [7, 11) is 1.71. The van der Waals surface area contributed by atoms with Crippen molar-refractivity contribution in [2.75, 3.05) is 7.11 Å². The van der Waals surface area contributed by atoms with Crippen molar-refractivity contribution in [2.45, 2.75) is 25.7 Å². The van der Waals surface area contributed by atoms with Crippen LogP contribution in [0.25, 0.3) is 0 Å². The molecule has 110 valence electrons. The molecule has 0 radical (unpaired) electrons. The molecule has 1 heteroatoms. The van der Waals surface area contributed by atoms with Gasteiger partial charge in [0.05, 0.1) is 7.11 Å². The number of allylic oxidation sites excluding steroid dienone is 6. The van der Waals surface area contributed by atoms with Crippen molar-refractivity contribution in [3.63, 3.8) is 0 Å². The van der Waals surface area contributed by atoms with Gasteiger partial charge in [-0.2, -0.15) is 0 Å². The Labute approximate surface area is 128 Å². The fourth-order valence-electron chi connectivity index (χ4n) is 2.98. The fraction of sp³-hybridized carbons (Fsp3) is 0.300. The minimum Gasteiger partial charge on any atom is -0.497 e. The number of rotatable bonds is 5. The number of ether oxygens (including phenoxy) is 1. The van der Waals surface area contributed by atoms with Gasteiger partial charge in [-0.3, -0.25) is 0 Å². The molecule has 1 aromatic carbocycles. The summed E-state index contributed by atoms with van der Waals surface area (Å²) in [5.74, 6) is 1.32. The van der Waals surface area contributed by atoms with Gasteiger partial charge < -0.3 is 4.74 Å². The smallest absolute Gasteiger partial charge is 0.114 e. The van der Waals surface area contributed by atoms with Crippen molar-refractivity contribution in [2.24, 2.45) is 5.92 Å². The van der Waals surface area contributed by atoms with Crippen LogP contribution in [0.4, 0.5) is 0 Å². The monoisotopic (exact) mass is 280 g/mol. The first-order valence-electron chi connectivity index (χ1n) is 7.43. The highest BCUT2D eigenvalue weighted by Gasteiger charge is 2.36. The molecule has 2 atom stereocenters. The third-order valence-corrected chi connectivity index (χ3v) is 4.45. The fourth-order valence-corrected chi connectivity index (χ4v) is 2.98. The van der Waals surface area contributed by atoms with Crippen LogP contribution >= 0.6 is 0 Å². The van der Waals surface area contributed by atoms with E-state index in [0.717, 1.165) is 17.8 Å². The lowest BCUT2D eigenvalue weighted by molar-refractivity contribution is 0.296. The second-order valence-electron chi connectivity index (χ2n) is 5.61. The van der Waals surface area contributed by atoms with E-state index in [1.807, 2.05) is 6.92 Å². The zero-order valence-corrected chi connectivity index (χ0v) is 13.2. The molecule has 1 aromatic rings. The lowest BCUT2D eigenvalue weighted by Gasteiger charge is -2.38. The molecular formula is C20H24O. The van der Waals surface area contributed by atoms with Gasteiger partial charge in [0.15, 0.2) is 0 Å².